The number of nitrogens with one attached hydrogen (secondary N) is 1. The number of nitrogens with zero attached hydrogens (tertiary/aromatic N) is 3. The van der Waals surface area contributed by atoms with E-state index < -0.39 is 5.97 Å². The van der Waals surface area contributed by atoms with E-state index in [9.17, 15) is 4.79 Å². The molecule has 2 N–H and O–H groups in total. The smallest absolute Gasteiger partial charge is 0.335 e. The van der Waals surface area contributed by atoms with Gasteiger partial charge >= 0.3 is 5.97 Å². The van der Waals surface area contributed by atoms with Crippen molar-refractivity contribution in [1.82, 2.24) is 10.4 Å². The number of carboxylic acids is 1. The summed E-state index contributed by atoms with van der Waals surface area (Å²) in [6.07, 6.45) is 7.08. The van der Waals surface area contributed by atoms with Crippen LogP contribution < -0.4 is 5.43 Å². The molecule has 0 atom stereocenters. The Hall–Kier alpha value is -2.67. The van der Waals surface area contributed by atoms with Gasteiger partial charge in [-0.1, -0.05) is 24.6 Å². The van der Waals surface area contributed by atoms with Crippen molar-refractivity contribution in [3.63, 3.8) is 0 Å². The average Bonchev–Trinajstić information content (AvgIpc) is 2.68. The summed E-state index contributed by atoms with van der Waals surface area (Å²) in [5.74, 6) is -0.980. The Morgan fingerprint density at radius 3 is 2.62 bits per heavy atom. The highest BCUT2D eigenvalue weighted by Crippen LogP contribution is 2.21. The molecule has 1 saturated carbocycles. The van der Waals surface area contributed by atoms with Crippen molar-refractivity contribution in [1.29, 1.82) is 0 Å². The maximum absolute atomic E-state index is 11.2. The van der Waals surface area contributed by atoms with Gasteiger partial charge in [0.1, 0.15) is 5.03 Å². The number of aliphatic imine (C=N–C) groups is 1. The molecule has 0 radical (unpaired) electrons. The molecule has 1 aliphatic rings. The summed E-state index contributed by atoms with van der Waals surface area (Å²) in [6, 6.07) is 12.6. The number of hydrogen-bond acceptors (Lipinski definition) is 5. The fourth-order valence-electron chi connectivity index (χ4n) is 2.59. The van der Waals surface area contributed by atoms with Crippen molar-refractivity contribution in [2.24, 2.45) is 10.1 Å². The van der Waals surface area contributed by atoms with E-state index in [2.05, 4.69) is 20.5 Å². The highest BCUT2D eigenvalue weighted by molar-refractivity contribution is 8.13. The Morgan fingerprint density at radius 2 is 1.88 bits per heavy atom. The van der Waals surface area contributed by atoms with Crippen LogP contribution in [-0.2, 0) is 0 Å². The number of pyridine rings is 1. The van der Waals surface area contributed by atoms with E-state index in [1.54, 1.807) is 0 Å². The van der Waals surface area contributed by atoms with Gasteiger partial charge in [0, 0.05) is 11.9 Å². The summed E-state index contributed by atoms with van der Waals surface area (Å²) in [5.41, 5.74) is 5.18. The topological polar surface area (TPSA) is 86.9 Å². The molecule has 1 aliphatic carbocycles. The van der Waals surface area contributed by atoms with Gasteiger partial charge < -0.3 is 5.11 Å². The number of aromatic carboxylic acids is 1. The zero-order valence-corrected chi connectivity index (χ0v) is 15.1. The molecule has 1 heterocycles. The second-order valence-corrected chi connectivity index (χ2v) is 6.90. The van der Waals surface area contributed by atoms with E-state index in [1.807, 2.05) is 30.3 Å². The molecule has 0 spiro atoms. The molecule has 1 aromatic heterocycles. The van der Waals surface area contributed by atoms with Crippen molar-refractivity contribution >= 4 is 34.3 Å². The van der Waals surface area contributed by atoms with Gasteiger partial charge in [-0.05, 0) is 61.7 Å². The number of thioether (sulfide) groups is 1. The standard InChI is InChI=1S/C19H20N4O2S/c24-18(25)14-11-12-20-17(13-14)26-19(21-15-7-3-1-4-8-15)23-22-16-9-5-2-6-10-16/h1,3-4,7-8,11-13H,2,5-6,9-10H2,(H,21,23)(H,24,25). The normalized spacial score (nSPS) is 14.8. The van der Waals surface area contributed by atoms with Gasteiger partial charge in [0.25, 0.3) is 0 Å². The Kier molecular flexibility index (Phi) is 6.38. The minimum absolute atomic E-state index is 0.195. The number of para-hydroxylation sites is 1. The molecule has 0 bridgehead atoms. The number of carboxylic acid groups (broad SMARTS) is 1. The van der Waals surface area contributed by atoms with E-state index in [-0.39, 0.29) is 5.56 Å². The fourth-order valence-corrected chi connectivity index (χ4v) is 3.33. The SMILES string of the molecule is O=C(O)c1ccnc(SC(=Nc2ccccc2)NN=C2CCCCC2)c1. The minimum Gasteiger partial charge on any atom is -0.478 e. The molecular formula is C19H20N4O2S. The predicted molar refractivity (Wildman–Crippen MR) is 104 cm³/mol. The number of benzene rings is 1. The van der Waals surface area contributed by atoms with Crippen LogP contribution in [0.4, 0.5) is 5.69 Å². The third-order valence-electron chi connectivity index (χ3n) is 3.91. The molecule has 0 saturated heterocycles. The van der Waals surface area contributed by atoms with E-state index >= 15 is 0 Å². The first-order chi connectivity index (χ1) is 12.7. The molecule has 1 fully saturated rings. The highest BCUT2D eigenvalue weighted by atomic mass is 32.2. The van der Waals surface area contributed by atoms with Gasteiger partial charge in [0.2, 0.25) is 0 Å². The number of amidine groups is 1. The van der Waals surface area contributed by atoms with Gasteiger partial charge in [0.05, 0.1) is 11.3 Å². The summed E-state index contributed by atoms with van der Waals surface area (Å²) in [4.78, 5) is 20.0. The summed E-state index contributed by atoms with van der Waals surface area (Å²) < 4.78 is 0. The largest absolute Gasteiger partial charge is 0.478 e. The second kappa shape index (κ2) is 9.15. The summed E-state index contributed by atoms with van der Waals surface area (Å²) >= 11 is 1.26. The zero-order chi connectivity index (χ0) is 18.2. The van der Waals surface area contributed by atoms with E-state index in [0.29, 0.717) is 10.2 Å². The molecule has 2 aromatic rings. The maximum atomic E-state index is 11.2. The van der Waals surface area contributed by atoms with Crippen LogP contribution in [0, 0.1) is 0 Å². The lowest BCUT2D eigenvalue weighted by atomic mass is 9.99. The predicted octanol–water partition coefficient (Wildman–Crippen LogP) is 4.47. The second-order valence-electron chi connectivity index (χ2n) is 5.89. The first kappa shape index (κ1) is 18.1. The van der Waals surface area contributed by atoms with Crippen molar-refractivity contribution < 1.29 is 9.90 Å². The third-order valence-corrected chi connectivity index (χ3v) is 4.72. The Bertz CT molecular complexity index is 813. The van der Waals surface area contributed by atoms with Crippen LogP contribution in [0.5, 0.6) is 0 Å². The number of hydrogen-bond donors (Lipinski definition) is 2. The molecule has 7 heteroatoms. The van der Waals surface area contributed by atoms with Crippen LogP contribution in [-0.4, -0.2) is 26.9 Å². The number of hydrazone groups is 1. The van der Waals surface area contributed by atoms with Crippen molar-refractivity contribution in [3.8, 4) is 0 Å². The molecule has 0 aliphatic heterocycles. The molecule has 0 unspecified atom stereocenters. The van der Waals surface area contributed by atoms with Crippen LogP contribution in [0.3, 0.4) is 0 Å². The van der Waals surface area contributed by atoms with Crippen molar-refractivity contribution in [2.45, 2.75) is 37.1 Å². The van der Waals surface area contributed by atoms with Crippen LogP contribution >= 0.6 is 11.8 Å². The molecule has 6 nitrogen and oxygen atoms in total. The highest BCUT2D eigenvalue weighted by Gasteiger charge is 2.10. The molecule has 134 valence electrons. The van der Waals surface area contributed by atoms with Gasteiger partial charge in [-0.25, -0.2) is 14.8 Å². The summed E-state index contributed by atoms with van der Waals surface area (Å²) in [5, 5.41) is 14.8. The monoisotopic (exact) mass is 368 g/mol. The average molecular weight is 368 g/mol. The quantitative estimate of drug-likeness (QED) is 0.360. The lowest BCUT2D eigenvalue weighted by Gasteiger charge is -2.13. The minimum atomic E-state index is -0.980. The molecule has 0 amide bonds. The number of aromatic nitrogens is 1. The zero-order valence-electron chi connectivity index (χ0n) is 14.3. The summed E-state index contributed by atoms with van der Waals surface area (Å²) in [7, 11) is 0. The van der Waals surface area contributed by atoms with Gasteiger partial charge in [0.15, 0.2) is 5.17 Å². The molecule has 3 rings (SSSR count). The Balaban J connectivity index is 1.81. The third kappa shape index (κ3) is 5.42. The van der Waals surface area contributed by atoms with E-state index in [4.69, 9.17) is 5.11 Å². The van der Waals surface area contributed by atoms with Gasteiger partial charge in [-0.3, -0.25) is 5.43 Å². The van der Waals surface area contributed by atoms with Gasteiger partial charge in [-0.2, -0.15) is 5.10 Å². The van der Waals surface area contributed by atoms with E-state index in [0.717, 1.165) is 24.2 Å². The van der Waals surface area contributed by atoms with E-state index in [1.165, 1.54) is 49.4 Å². The van der Waals surface area contributed by atoms with Crippen molar-refractivity contribution in [2.75, 3.05) is 0 Å². The number of carbonyl (C=O) groups is 1. The van der Waals surface area contributed by atoms with Crippen molar-refractivity contribution in [3.05, 3.63) is 54.2 Å². The Labute approximate surface area is 156 Å². The van der Waals surface area contributed by atoms with Crippen LogP contribution in [0.25, 0.3) is 0 Å². The first-order valence-corrected chi connectivity index (χ1v) is 9.35. The fraction of sp³-hybridized carbons (Fsp3) is 0.263. The molecular weight excluding hydrogens is 348 g/mol. The first-order valence-electron chi connectivity index (χ1n) is 8.53. The van der Waals surface area contributed by atoms with Crippen LogP contribution in [0.15, 0.2) is 63.8 Å². The molecule has 26 heavy (non-hydrogen) atoms. The lowest BCUT2D eigenvalue weighted by molar-refractivity contribution is 0.0696. The summed E-state index contributed by atoms with van der Waals surface area (Å²) in [6.45, 7) is 0. The van der Waals surface area contributed by atoms with Gasteiger partial charge in [-0.15, -0.1) is 0 Å². The lowest BCUT2D eigenvalue weighted by Crippen LogP contribution is -2.18. The maximum Gasteiger partial charge on any atom is 0.335 e. The Morgan fingerprint density at radius 1 is 1.12 bits per heavy atom. The number of rotatable bonds is 4. The molecule has 1 aromatic carbocycles. The van der Waals surface area contributed by atoms with Crippen LogP contribution in [0.2, 0.25) is 0 Å². The van der Waals surface area contributed by atoms with Crippen LogP contribution in [0.1, 0.15) is 42.5 Å².